The Kier molecular flexibility index (Phi) is 8.11. The number of anilines is 4. The number of halogens is 4. The summed E-state index contributed by atoms with van der Waals surface area (Å²) in [4.78, 5) is 32.4. The van der Waals surface area contributed by atoms with Crippen LogP contribution >= 0.6 is 0 Å². The predicted octanol–water partition coefficient (Wildman–Crippen LogP) is 5.04. The SMILES string of the molecule is CCOC(=O)COc1cccc(Nc2ncc(C(=O)OCC)c(Nc3ccc4c(c3)OC(F)(F)C(F)(F)O4)n2)c1. The summed E-state index contributed by atoms with van der Waals surface area (Å²) in [6.45, 7) is 3.23. The standard InChI is InChI=1S/C25H22F4N4O7/c1-3-36-20(34)13-38-16-7-5-6-14(10-16)32-23-30-12-17(22(35)37-4-2)21(33-23)31-15-8-9-18-19(11-15)40-25(28,29)24(26,27)39-18/h5-12H,3-4,13H2,1-2H3,(H2,30,31,32,33). The quantitative estimate of drug-likeness (QED) is 0.253. The number of alkyl halides is 4. The Morgan fingerprint density at radius 2 is 1.60 bits per heavy atom. The highest BCUT2D eigenvalue weighted by molar-refractivity contribution is 5.95. The predicted molar refractivity (Wildman–Crippen MR) is 131 cm³/mol. The maximum atomic E-state index is 13.6. The molecule has 0 aliphatic carbocycles. The molecule has 0 bridgehead atoms. The molecule has 0 fully saturated rings. The van der Waals surface area contributed by atoms with Gasteiger partial charge in [-0.15, -0.1) is 0 Å². The average molecular weight is 566 g/mol. The van der Waals surface area contributed by atoms with Gasteiger partial charge in [-0.2, -0.15) is 22.5 Å². The number of nitrogens with zero attached hydrogens (tertiary/aromatic N) is 2. The molecule has 212 valence electrons. The third-order valence-corrected chi connectivity index (χ3v) is 5.06. The molecule has 0 spiro atoms. The van der Waals surface area contributed by atoms with E-state index in [4.69, 9.17) is 14.2 Å². The van der Waals surface area contributed by atoms with Gasteiger partial charge in [0, 0.05) is 29.7 Å². The normalized spacial score (nSPS) is 14.6. The van der Waals surface area contributed by atoms with Crippen molar-refractivity contribution in [2.75, 3.05) is 30.5 Å². The molecule has 1 aliphatic heterocycles. The number of rotatable bonds is 10. The molecular formula is C25H22F4N4O7. The van der Waals surface area contributed by atoms with Crippen LogP contribution in [0.1, 0.15) is 24.2 Å². The zero-order chi connectivity index (χ0) is 28.9. The second-order valence-electron chi connectivity index (χ2n) is 7.95. The molecule has 0 saturated carbocycles. The van der Waals surface area contributed by atoms with Gasteiger partial charge in [-0.1, -0.05) is 6.07 Å². The Balaban J connectivity index is 1.58. The van der Waals surface area contributed by atoms with Crippen LogP contribution in [0.4, 0.5) is 40.7 Å². The number of esters is 2. The first-order chi connectivity index (χ1) is 19.0. The third kappa shape index (κ3) is 6.42. The van der Waals surface area contributed by atoms with Crippen LogP contribution in [-0.4, -0.2) is 53.9 Å². The minimum atomic E-state index is -4.91. The summed E-state index contributed by atoms with van der Waals surface area (Å²) in [5.74, 6) is -2.34. The van der Waals surface area contributed by atoms with E-state index in [1.807, 2.05) is 0 Å². The first-order valence-corrected chi connectivity index (χ1v) is 11.8. The summed E-state index contributed by atoms with van der Waals surface area (Å²) >= 11 is 0. The van der Waals surface area contributed by atoms with Gasteiger partial charge in [-0.05, 0) is 38.1 Å². The van der Waals surface area contributed by atoms with Gasteiger partial charge in [0.15, 0.2) is 23.9 Å². The van der Waals surface area contributed by atoms with Crippen molar-refractivity contribution in [1.29, 1.82) is 0 Å². The van der Waals surface area contributed by atoms with Crippen molar-refractivity contribution < 1.29 is 50.8 Å². The van der Waals surface area contributed by atoms with E-state index in [2.05, 4.69) is 30.1 Å². The van der Waals surface area contributed by atoms with Gasteiger partial charge in [0.1, 0.15) is 11.3 Å². The molecule has 2 heterocycles. The summed E-state index contributed by atoms with van der Waals surface area (Å²) in [6, 6.07) is 9.68. The molecule has 2 N–H and O–H groups in total. The van der Waals surface area contributed by atoms with Gasteiger partial charge < -0.3 is 34.3 Å². The summed E-state index contributed by atoms with van der Waals surface area (Å²) in [5.41, 5.74) is 0.400. The second-order valence-corrected chi connectivity index (χ2v) is 7.95. The van der Waals surface area contributed by atoms with Crippen LogP contribution in [0.3, 0.4) is 0 Å². The molecule has 0 radical (unpaired) electrons. The number of aromatic nitrogens is 2. The van der Waals surface area contributed by atoms with Crippen LogP contribution in [0.5, 0.6) is 17.2 Å². The minimum absolute atomic E-state index is 0.00168. The highest BCUT2D eigenvalue weighted by atomic mass is 19.3. The van der Waals surface area contributed by atoms with Gasteiger partial charge in [0.05, 0.1) is 13.2 Å². The number of hydrogen-bond acceptors (Lipinski definition) is 11. The molecule has 1 aliphatic rings. The maximum Gasteiger partial charge on any atom is 0.507 e. The van der Waals surface area contributed by atoms with Crippen LogP contribution in [0.2, 0.25) is 0 Å². The van der Waals surface area contributed by atoms with Gasteiger partial charge in [0.2, 0.25) is 5.95 Å². The Morgan fingerprint density at radius 3 is 2.33 bits per heavy atom. The van der Waals surface area contributed by atoms with Crippen LogP contribution in [0.15, 0.2) is 48.7 Å². The molecule has 15 heteroatoms. The van der Waals surface area contributed by atoms with E-state index in [0.29, 0.717) is 11.4 Å². The van der Waals surface area contributed by atoms with Gasteiger partial charge in [0.25, 0.3) is 0 Å². The molecule has 0 amide bonds. The fraction of sp³-hybridized carbons (Fsp3) is 0.280. The van der Waals surface area contributed by atoms with E-state index in [9.17, 15) is 27.2 Å². The van der Waals surface area contributed by atoms with Crippen molar-refractivity contribution in [3.63, 3.8) is 0 Å². The van der Waals surface area contributed by atoms with E-state index in [0.717, 1.165) is 12.1 Å². The highest BCUT2D eigenvalue weighted by Gasteiger charge is 2.65. The molecule has 40 heavy (non-hydrogen) atoms. The fourth-order valence-electron chi connectivity index (χ4n) is 3.31. The zero-order valence-electron chi connectivity index (χ0n) is 21.0. The fourth-order valence-corrected chi connectivity index (χ4v) is 3.31. The number of carbonyl (C=O) groups excluding carboxylic acids is 2. The van der Waals surface area contributed by atoms with Crippen molar-refractivity contribution in [2.45, 2.75) is 26.1 Å². The Bertz CT molecular complexity index is 1410. The van der Waals surface area contributed by atoms with Crippen LogP contribution in [0.25, 0.3) is 0 Å². The number of fused-ring (bicyclic) bond motifs is 1. The van der Waals surface area contributed by atoms with Crippen molar-refractivity contribution in [3.05, 3.63) is 54.2 Å². The lowest BCUT2D eigenvalue weighted by molar-refractivity contribution is -0.391. The summed E-state index contributed by atoms with van der Waals surface area (Å²) in [6.07, 6.45) is -8.60. The summed E-state index contributed by atoms with van der Waals surface area (Å²) < 4.78 is 77.7. The molecular weight excluding hydrogens is 544 g/mol. The number of carbonyl (C=O) groups is 2. The number of benzene rings is 2. The zero-order valence-corrected chi connectivity index (χ0v) is 21.0. The van der Waals surface area contributed by atoms with Gasteiger partial charge >= 0.3 is 24.2 Å². The van der Waals surface area contributed by atoms with Crippen molar-refractivity contribution >= 4 is 35.1 Å². The molecule has 2 aromatic carbocycles. The second kappa shape index (κ2) is 11.5. The topological polar surface area (TPSA) is 130 Å². The Labute approximate surface area is 224 Å². The number of ether oxygens (including phenoxy) is 5. The lowest BCUT2D eigenvalue weighted by atomic mass is 10.2. The van der Waals surface area contributed by atoms with Gasteiger partial charge in [-0.3, -0.25) is 0 Å². The van der Waals surface area contributed by atoms with Crippen LogP contribution in [-0.2, 0) is 14.3 Å². The number of hydrogen-bond donors (Lipinski definition) is 2. The van der Waals surface area contributed by atoms with E-state index >= 15 is 0 Å². The van der Waals surface area contributed by atoms with E-state index in [1.54, 1.807) is 38.1 Å². The Hall–Kier alpha value is -4.82. The van der Waals surface area contributed by atoms with Crippen LogP contribution in [0, 0.1) is 0 Å². The molecule has 4 rings (SSSR count). The minimum Gasteiger partial charge on any atom is -0.482 e. The summed E-state index contributed by atoms with van der Waals surface area (Å²) in [7, 11) is 0. The molecule has 0 atom stereocenters. The molecule has 3 aromatic rings. The molecule has 11 nitrogen and oxygen atoms in total. The van der Waals surface area contributed by atoms with Crippen molar-refractivity contribution in [1.82, 2.24) is 9.97 Å². The third-order valence-electron chi connectivity index (χ3n) is 5.06. The van der Waals surface area contributed by atoms with Crippen LogP contribution < -0.4 is 24.8 Å². The van der Waals surface area contributed by atoms with Crippen molar-refractivity contribution in [3.8, 4) is 17.2 Å². The Morgan fingerprint density at radius 1 is 0.900 bits per heavy atom. The smallest absolute Gasteiger partial charge is 0.482 e. The highest BCUT2D eigenvalue weighted by Crippen LogP contribution is 2.47. The van der Waals surface area contributed by atoms with E-state index < -0.39 is 35.7 Å². The largest absolute Gasteiger partial charge is 0.507 e. The van der Waals surface area contributed by atoms with E-state index in [1.165, 1.54) is 12.3 Å². The monoisotopic (exact) mass is 566 g/mol. The van der Waals surface area contributed by atoms with E-state index in [-0.39, 0.29) is 42.8 Å². The first kappa shape index (κ1) is 28.2. The molecule has 0 unspecified atom stereocenters. The maximum absolute atomic E-state index is 13.6. The lowest BCUT2D eigenvalue weighted by Gasteiger charge is -2.32. The average Bonchev–Trinajstić information content (AvgIpc) is 2.89. The molecule has 1 aromatic heterocycles. The molecule has 0 saturated heterocycles. The first-order valence-electron chi connectivity index (χ1n) is 11.8. The number of nitrogens with one attached hydrogen (secondary N) is 2. The van der Waals surface area contributed by atoms with Crippen molar-refractivity contribution in [2.24, 2.45) is 0 Å². The van der Waals surface area contributed by atoms with Gasteiger partial charge in [-0.25, -0.2) is 14.6 Å². The lowest BCUT2D eigenvalue weighted by Crippen LogP contribution is -2.52. The summed E-state index contributed by atoms with van der Waals surface area (Å²) in [5, 5.41) is 5.67.